The van der Waals surface area contributed by atoms with Crippen molar-refractivity contribution in [2.24, 2.45) is 0 Å². The molecule has 1 aromatic rings. The molecular formula is C12H15ClN4O3. The van der Waals surface area contributed by atoms with Gasteiger partial charge in [-0.15, -0.1) is 11.6 Å². The van der Waals surface area contributed by atoms with Gasteiger partial charge in [-0.25, -0.2) is 0 Å². The number of pyridine rings is 1. The Hall–Kier alpha value is -1.89. The molecule has 0 aromatic carbocycles. The molecule has 1 fully saturated rings. The van der Waals surface area contributed by atoms with Gasteiger partial charge in [0.1, 0.15) is 17.3 Å². The maximum absolute atomic E-state index is 11.8. The Labute approximate surface area is 121 Å². The molecular weight excluding hydrogens is 284 g/mol. The molecule has 1 unspecified atom stereocenters. The number of anilines is 1. The largest absolute Gasteiger partial charge is 0.362 e. The molecule has 1 aromatic heterocycles. The minimum absolute atomic E-state index is 0.0158. The molecule has 108 valence electrons. The van der Waals surface area contributed by atoms with Crippen molar-refractivity contribution < 1.29 is 9.72 Å². The summed E-state index contributed by atoms with van der Waals surface area (Å²) in [6.07, 6.45) is 2.77. The molecule has 0 radical (unpaired) electrons. The zero-order valence-electron chi connectivity index (χ0n) is 11.0. The molecule has 1 amide bonds. The highest BCUT2D eigenvalue weighted by atomic mass is 35.5. The number of nitro groups is 1. The van der Waals surface area contributed by atoms with E-state index >= 15 is 0 Å². The number of carbonyl (C=O) groups excluding carboxylic acids is 1. The van der Waals surface area contributed by atoms with Gasteiger partial charge in [-0.1, -0.05) is 0 Å². The van der Waals surface area contributed by atoms with Crippen LogP contribution in [0, 0.1) is 10.1 Å². The van der Waals surface area contributed by atoms with Crippen LogP contribution in [0.5, 0.6) is 0 Å². The first kappa shape index (κ1) is 14.5. The Morgan fingerprint density at radius 3 is 2.65 bits per heavy atom. The second-order valence-electron chi connectivity index (χ2n) is 4.55. The van der Waals surface area contributed by atoms with Crippen molar-refractivity contribution in [2.75, 3.05) is 31.1 Å². The topological polar surface area (TPSA) is 79.6 Å². The lowest BCUT2D eigenvalue weighted by atomic mass is 10.2. The van der Waals surface area contributed by atoms with Crippen LogP contribution in [0.15, 0.2) is 18.5 Å². The first-order chi connectivity index (χ1) is 9.50. The van der Waals surface area contributed by atoms with Crippen LogP contribution in [0.25, 0.3) is 0 Å². The van der Waals surface area contributed by atoms with Crippen molar-refractivity contribution in [2.45, 2.75) is 12.3 Å². The molecule has 0 bridgehead atoms. The predicted molar refractivity (Wildman–Crippen MR) is 75.0 cm³/mol. The van der Waals surface area contributed by atoms with Crippen molar-refractivity contribution >= 4 is 28.9 Å². The highest BCUT2D eigenvalue weighted by molar-refractivity contribution is 6.30. The molecule has 1 atom stereocenters. The maximum Gasteiger partial charge on any atom is 0.310 e. The number of alkyl halides is 1. The maximum atomic E-state index is 11.8. The number of hydrogen-bond donors (Lipinski definition) is 0. The minimum atomic E-state index is -0.545. The lowest BCUT2D eigenvalue weighted by Crippen LogP contribution is -2.50. The molecule has 1 aliphatic rings. The van der Waals surface area contributed by atoms with E-state index in [0.29, 0.717) is 31.9 Å². The summed E-state index contributed by atoms with van der Waals surface area (Å²) >= 11 is 5.78. The molecule has 0 saturated carbocycles. The summed E-state index contributed by atoms with van der Waals surface area (Å²) in [5.41, 5.74) is 0.522. The van der Waals surface area contributed by atoms with E-state index in [9.17, 15) is 14.9 Å². The normalized spacial score (nSPS) is 16.9. The number of amides is 1. The van der Waals surface area contributed by atoms with Crippen molar-refractivity contribution in [3.8, 4) is 0 Å². The number of hydrogen-bond acceptors (Lipinski definition) is 5. The van der Waals surface area contributed by atoms with Gasteiger partial charge < -0.3 is 9.80 Å². The fraction of sp³-hybridized carbons (Fsp3) is 0.500. The molecule has 0 spiro atoms. The van der Waals surface area contributed by atoms with Crippen LogP contribution in [0.1, 0.15) is 6.92 Å². The van der Waals surface area contributed by atoms with Crippen molar-refractivity contribution in [1.29, 1.82) is 0 Å². The number of piperazine rings is 1. The summed E-state index contributed by atoms with van der Waals surface area (Å²) < 4.78 is 0. The lowest BCUT2D eigenvalue weighted by molar-refractivity contribution is -0.384. The predicted octanol–water partition coefficient (Wildman–Crippen LogP) is 1.27. The van der Waals surface area contributed by atoms with Crippen LogP contribution in [0.2, 0.25) is 0 Å². The molecule has 2 heterocycles. The van der Waals surface area contributed by atoms with Crippen molar-refractivity contribution in [3.05, 3.63) is 28.6 Å². The smallest absolute Gasteiger partial charge is 0.310 e. The van der Waals surface area contributed by atoms with Crippen LogP contribution in [-0.2, 0) is 4.79 Å². The van der Waals surface area contributed by atoms with E-state index in [1.54, 1.807) is 17.9 Å². The number of rotatable bonds is 3. The number of nitrogens with zero attached hydrogens (tertiary/aromatic N) is 4. The third-order valence-electron chi connectivity index (χ3n) is 3.25. The molecule has 1 saturated heterocycles. The number of aromatic nitrogens is 1. The summed E-state index contributed by atoms with van der Waals surface area (Å²) in [6, 6.07) is 1.62. The van der Waals surface area contributed by atoms with E-state index in [4.69, 9.17) is 11.6 Å². The monoisotopic (exact) mass is 298 g/mol. The van der Waals surface area contributed by atoms with Crippen LogP contribution >= 0.6 is 11.6 Å². The standard InChI is InChI=1S/C12H15ClN4O3/c1-9(13)12(18)16-6-4-15(5-7-16)10-2-3-14-8-11(10)17(19)20/h2-3,8-9H,4-7H2,1H3. The van der Waals surface area contributed by atoms with Gasteiger partial charge in [-0.3, -0.25) is 19.9 Å². The zero-order valence-corrected chi connectivity index (χ0v) is 11.8. The SMILES string of the molecule is CC(Cl)C(=O)N1CCN(c2ccncc2[N+](=O)[O-])CC1. The zero-order chi connectivity index (χ0) is 14.7. The summed E-state index contributed by atoms with van der Waals surface area (Å²) in [6.45, 7) is 3.75. The second kappa shape index (κ2) is 6.04. The molecule has 7 nitrogen and oxygen atoms in total. The summed E-state index contributed by atoms with van der Waals surface area (Å²) in [7, 11) is 0. The van der Waals surface area contributed by atoms with E-state index in [1.807, 2.05) is 4.90 Å². The third kappa shape index (κ3) is 2.98. The van der Waals surface area contributed by atoms with Gasteiger partial charge in [-0.05, 0) is 13.0 Å². The fourth-order valence-corrected chi connectivity index (χ4v) is 2.34. The minimum Gasteiger partial charge on any atom is -0.362 e. The van der Waals surface area contributed by atoms with Crippen LogP contribution < -0.4 is 4.90 Å². The highest BCUT2D eigenvalue weighted by Gasteiger charge is 2.27. The van der Waals surface area contributed by atoms with Gasteiger partial charge in [0.2, 0.25) is 5.91 Å². The molecule has 8 heteroatoms. The van der Waals surface area contributed by atoms with Crippen LogP contribution in [0.3, 0.4) is 0 Å². The van der Waals surface area contributed by atoms with E-state index in [2.05, 4.69) is 4.98 Å². The fourth-order valence-electron chi connectivity index (χ4n) is 2.21. The number of halogens is 1. The van der Waals surface area contributed by atoms with Crippen LogP contribution in [-0.4, -0.2) is 52.3 Å². The first-order valence-corrected chi connectivity index (χ1v) is 6.70. The Morgan fingerprint density at radius 1 is 1.45 bits per heavy atom. The molecule has 2 rings (SSSR count). The van der Waals surface area contributed by atoms with E-state index < -0.39 is 10.3 Å². The van der Waals surface area contributed by atoms with Gasteiger partial charge in [0.25, 0.3) is 0 Å². The van der Waals surface area contributed by atoms with Crippen LogP contribution in [0.4, 0.5) is 11.4 Å². The van der Waals surface area contributed by atoms with Gasteiger partial charge in [0, 0.05) is 32.4 Å². The van der Waals surface area contributed by atoms with Gasteiger partial charge in [0.05, 0.1) is 4.92 Å². The molecule has 0 aliphatic carbocycles. The average Bonchev–Trinajstić information content (AvgIpc) is 2.46. The Kier molecular flexibility index (Phi) is 4.39. The molecule has 1 aliphatic heterocycles. The summed E-state index contributed by atoms with van der Waals surface area (Å²) in [5.74, 6) is -0.101. The van der Waals surface area contributed by atoms with E-state index in [1.165, 1.54) is 12.4 Å². The summed E-state index contributed by atoms with van der Waals surface area (Å²) in [4.78, 5) is 29.7. The molecule has 0 N–H and O–H groups in total. The van der Waals surface area contributed by atoms with E-state index in [-0.39, 0.29) is 11.6 Å². The van der Waals surface area contributed by atoms with Gasteiger partial charge in [0.15, 0.2) is 0 Å². The van der Waals surface area contributed by atoms with Gasteiger partial charge in [-0.2, -0.15) is 0 Å². The highest BCUT2D eigenvalue weighted by Crippen LogP contribution is 2.27. The van der Waals surface area contributed by atoms with Crippen molar-refractivity contribution in [3.63, 3.8) is 0 Å². The summed E-state index contributed by atoms with van der Waals surface area (Å²) in [5, 5.41) is 10.4. The third-order valence-corrected chi connectivity index (χ3v) is 3.43. The van der Waals surface area contributed by atoms with E-state index in [0.717, 1.165) is 0 Å². The Morgan fingerprint density at radius 2 is 2.10 bits per heavy atom. The second-order valence-corrected chi connectivity index (χ2v) is 5.20. The lowest BCUT2D eigenvalue weighted by Gasteiger charge is -2.36. The molecule has 20 heavy (non-hydrogen) atoms. The van der Waals surface area contributed by atoms with Gasteiger partial charge >= 0.3 is 5.69 Å². The number of carbonyl (C=O) groups is 1. The average molecular weight is 299 g/mol. The van der Waals surface area contributed by atoms with Crippen molar-refractivity contribution in [1.82, 2.24) is 9.88 Å². The Bertz CT molecular complexity index is 515. The first-order valence-electron chi connectivity index (χ1n) is 6.27. The Balaban J connectivity index is 2.08. The quantitative estimate of drug-likeness (QED) is 0.477.